The lowest BCUT2D eigenvalue weighted by atomic mass is 10.1. The van der Waals surface area contributed by atoms with Gasteiger partial charge in [0.05, 0.1) is 19.8 Å². The highest BCUT2D eigenvalue weighted by Gasteiger charge is 2.14. The molecule has 0 aliphatic carbocycles. The van der Waals surface area contributed by atoms with Gasteiger partial charge in [-0.25, -0.2) is 0 Å². The van der Waals surface area contributed by atoms with E-state index >= 15 is 0 Å². The number of nitrogens with zero attached hydrogens (tertiary/aromatic N) is 1. The third kappa shape index (κ3) is 5.15. The van der Waals surface area contributed by atoms with E-state index in [-0.39, 0.29) is 11.8 Å². The van der Waals surface area contributed by atoms with Crippen molar-refractivity contribution >= 4 is 23.2 Å². The average molecular weight is 353 g/mol. The molecule has 3 rings (SSSR count). The Bertz CT molecular complexity index is 785. The summed E-state index contributed by atoms with van der Waals surface area (Å²) in [5, 5.41) is 5.74. The monoisotopic (exact) mass is 353 g/mol. The average Bonchev–Trinajstić information content (AvgIpc) is 2.62. The summed E-state index contributed by atoms with van der Waals surface area (Å²) in [5.74, 6) is -0.250. The number of benzene rings is 2. The molecule has 2 N–H and O–H groups in total. The second kappa shape index (κ2) is 8.60. The van der Waals surface area contributed by atoms with E-state index in [0.29, 0.717) is 36.7 Å². The zero-order chi connectivity index (χ0) is 18.4. The molecule has 6 heteroatoms. The van der Waals surface area contributed by atoms with Gasteiger partial charge in [0, 0.05) is 30.0 Å². The summed E-state index contributed by atoms with van der Waals surface area (Å²) >= 11 is 0. The molecular formula is C20H23N3O3. The van der Waals surface area contributed by atoms with Crippen molar-refractivity contribution in [3.8, 4) is 0 Å². The molecule has 26 heavy (non-hydrogen) atoms. The molecule has 1 aliphatic heterocycles. The molecule has 0 atom stereocenters. The van der Waals surface area contributed by atoms with Crippen molar-refractivity contribution in [3.05, 3.63) is 59.7 Å². The van der Waals surface area contributed by atoms with Gasteiger partial charge in [0.25, 0.3) is 5.91 Å². The molecule has 0 bridgehead atoms. The van der Waals surface area contributed by atoms with Crippen molar-refractivity contribution in [2.45, 2.75) is 6.92 Å². The van der Waals surface area contributed by atoms with E-state index in [1.807, 2.05) is 25.1 Å². The number of hydrogen-bond donors (Lipinski definition) is 2. The number of morpholine rings is 1. The Hall–Kier alpha value is -2.70. The van der Waals surface area contributed by atoms with Crippen molar-refractivity contribution in [1.29, 1.82) is 0 Å². The van der Waals surface area contributed by atoms with Crippen LogP contribution in [0.1, 0.15) is 15.9 Å². The van der Waals surface area contributed by atoms with E-state index in [4.69, 9.17) is 4.74 Å². The molecule has 1 fully saturated rings. The van der Waals surface area contributed by atoms with Gasteiger partial charge in [-0.1, -0.05) is 23.8 Å². The molecule has 2 aromatic rings. The molecule has 0 unspecified atom stereocenters. The molecule has 1 aliphatic rings. The number of carbonyl (C=O) groups excluding carboxylic acids is 2. The lowest BCUT2D eigenvalue weighted by Gasteiger charge is -2.25. The second-order valence-corrected chi connectivity index (χ2v) is 6.34. The van der Waals surface area contributed by atoms with Crippen LogP contribution in [0.5, 0.6) is 0 Å². The standard InChI is InChI=1S/C20H23N3O3/c1-15-4-2-5-16(12-15)20(25)22-18-7-3-6-17(13-18)21-19(24)14-23-8-10-26-11-9-23/h2-7,12-13H,8-11,14H2,1H3,(H,21,24)(H,22,25). The van der Waals surface area contributed by atoms with Crippen molar-refractivity contribution in [1.82, 2.24) is 4.90 Å². The van der Waals surface area contributed by atoms with Gasteiger partial charge in [0.1, 0.15) is 0 Å². The predicted octanol–water partition coefficient (Wildman–Crippen LogP) is 2.52. The largest absolute Gasteiger partial charge is 0.379 e. The van der Waals surface area contributed by atoms with E-state index in [2.05, 4.69) is 15.5 Å². The van der Waals surface area contributed by atoms with Crippen LogP contribution >= 0.6 is 0 Å². The Balaban J connectivity index is 1.59. The van der Waals surface area contributed by atoms with Gasteiger partial charge in [-0.2, -0.15) is 0 Å². The van der Waals surface area contributed by atoms with E-state index < -0.39 is 0 Å². The number of ether oxygens (including phenoxy) is 1. The van der Waals surface area contributed by atoms with Gasteiger partial charge >= 0.3 is 0 Å². The van der Waals surface area contributed by atoms with Gasteiger partial charge in [-0.3, -0.25) is 14.5 Å². The van der Waals surface area contributed by atoms with Crippen molar-refractivity contribution in [2.24, 2.45) is 0 Å². The summed E-state index contributed by atoms with van der Waals surface area (Å²) in [6.45, 7) is 5.13. The summed E-state index contributed by atoms with van der Waals surface area (Å²) < 4.78 is 5.28. The van der Waals surface area contributed by atoms with Crippen LogP contribution < -0.4 is 10.6 Å². The van der Waals surface area contributed by atoms with Crippen molar-refractivity contribution in [2.75, 3.05) is 43.5 Å². The molecule has 0 spiro atoms. The Morgan fingerprint density at radius 3 is 2.42 bits per heavy atom. The minimum atomic E-state index is -0.175. The maximum absolute atomic E-state index is 12.3. The SMILES string of the molecule is Cc1cccc(C(=O)Nc2cccc(NC(=O)CN3CCOCC3)c2)c1. The summed E-state index contributed by atoms with van der Waals surface area (Å²) in [7, 11) is 0. The van der Waals surface area contributed by atoms with Crippen molar-refractivity contribution < 1.29 is 14.3 Å². The van der Waals surface area contributed by atoms with Gasteiger partial charge in [0.2, 0.25) is 5.91 Å². The Labute approximate surface area is 153 Å². The summed E-state index contributed by atoms with van der Waals surface area (Å²) in [6, 6.07) is 14.6. The van der Waals surface area contributed by atoms with Crippen LogP contribution in [-0.4, -0.2) is 49.6 Å². The Kier molecular flexibility index (Phi) is 5.99. The van der Waals surface area contributed by atoms with Gasteiger partial charge in [0.15, 0.2) is 0 Å². The maximum atomic E-state index is 12.3. The molecule has 0 saturated carbocycles. The number of carbonyl (C=O) groups is 2. The molecular weight excluding hydrogens is 330 g/mol. The van der Waals surface area contributed by atoms with Crippen LogP contribution in [-0.2, 0) is 9.53 Å². The van der Waals surface area contributed by atoms with Crippen LogP contribution in [0.4, 0.5) is 11.4 Å². The van der Waals surface area contributed by atoms with Gasteiger partial charge < -0.3 is 15.4 Å². The highest BCUT2D eigenvalue weighted by atomic mass is 16.5. The molecule has 1 saturated heterocycles. The fourth-order valence-electron chi connectivity index (χ4n) is 2.83. The second-order valence-electron chi connectivity index (χ2n) is 6.34. The minimum absolute atomic E-state index is 0.0749. The number of hydrogen-bond acceptors (Lipinski definition) is 4. The molecule has 0 radical (unpaired) electrons. The smallest absolute Gasteiger partial charge is 0.255 e. The van der Waals surface area contributed by atoms with Gasteiger partial charge in [-0.15, -0.1) is 0 Å². The summed E-state index contributed by atoms with van der Waals surface area (Å²) in [4.78, 5) is 26.6. The third-order valence-electron chi connectivity index (χ3n) is 4.16. The lowest BCUT2D eigenvalue weighted by Crippen LogP contribution is -2.41. The molecule has 2 amide bonds. The first kappa shape index (κ1) is 18.1. The number of anilines is 2. The molecule has 136 valence electrons. The van der Waals surface area contributed by atoms with Crippen LogP contribution in [0, 0.1) is 6.92 Å². The molecule has 1 heterocycles. The van der Waals surface area contributed by atoms with Gasteiger partial charge in [-0.05, 0) is 37.3 Å². The van der Waals surface area contributed by atoms with Crippen LogP contribution in [0.2, 0.25) is 0 Å². The minimum Gasteiger partial charge on any atom is -0.379 e. The van der Waals surface area contributed by atoms with E-state index in [0.717, 1.165) is 18.7 Å². The molecule has 0 aromatic heterocycles. The first-order valence-electron chi connectivity index (χ1n) is 8.68. The van der Waals surface area contributed by atoms with Crippen molar-refractivity contribution in [3.63, 3.8) is 0 Å². The summed E-state index contributed by atoms with van der Waals surface area (Å²) in [5.41, 5.74) is 2.93. The maximum Gasteiger partial charge on any atom is 0.255 e. The number of amides is 2. The lowest BCUT2D eigenvalue weighted by molar-refractivity contribution is -0.118. The Morgan fingerprint density at radius 2 is 1.69 bits per heavy atom. The zero-order valence-corrected chi connectivity index (χ0v) is 14.8. The summed E-state index contributed by atoms with van der Waals surface area (Å²) in [6.07, 6.45) is 0. The third-order valence-corrected chi connectivity index (χ3v) is 4.16. The fourth-order valence-corrected chi connectivity index (χ4v) is 2.83. The molecule has 6 nitrogen and oxygen atoms in total. The van der Waals surface area contributed by atoms with Crippen LogP contribution in [0.15, 0.2) is 48.5 Å². The molecule has 2 aromatic carbocycles. The van der Waals surface area contributed by atoms with Crippen LogP contribution in [0.3, 0.4) is 0 Å². The van der Waals surface area contributed by atoms with E-state index in [1.54, 1.807) is 30.3 Å². The van der Waals surface area contributed by atoms with E-state index in [1.165, 1.54) is 0 Å². The Morgan fingerprint density at radius 1 is 1.00 bits per heavy atom. The highest BCUT2D eigenvalue weighted by Crippen LogP contribution is 2.16. The van der Waals surface area contributed by atoms with Crippen LogP contribution in [0.25, 0.3) is 0 Å². The number of aryl methyl sites for hydroxylation is 1. The normalized spacial score (nSPS) is 14.7. The highest BCUT2D eigenvalue weighted by molar-refractivity contribution is 6.04. The quantitative estimate of drug-likeness (QED) is 0.867. The number of rotatable bonds is 5. The topological polar surface area (TPSA) is 70.7 Å². The number of nitrogens with one attached hydrogen (secondary N) is 2. The predicted molar refractivity (Wildman–Crippen MR) is 101 cm³/mol. The fraction of sp³-hybridized carbons (Fsp3) is 0.300. The first-order chi connectivity index (χ1) is 12.6. The van der Waals surface area contributed by atoms with E-state index in [9.17, 15) is 9.59 Å². The first-order valence-corrected chi connectivity index (χ1v) is 8.68. The zero-order valence-electron chi connectivity index (χ0n) is 14.8.